The first-order valence-electron chi connectivity index (χ1n) is 8.84. The fourth-order valence-corrected chi connectivity index (χ4v) is 2.97. The van der Waals surface area contributed by atoms with E-state index >= 15 is 0 Å². The molecule has 0 unspecified atom stereocenters. The average Bonchev–Trinajstić information content (AvgIpc) is 2.65. The van der Waals surface area contributed by atoms with Gasteiger partial charge in [0.15, 0.2) is 0 Å². The second kappa shape index (κ2) is 7.95. The molecule has 29 heavy (non-hydrogen) atoms. The number of aryl methyl sites for hydroxylation is 3. The highest BCUT2D eigenvalue weighted by molar-refractivity contribution is 6.05. The Bertz CT molecular complexity index is 1000. The van der Waals surface area contributed by atoms with Crippen molar-refractivity contribution >= 4 is 11.6 Å². The van der Waals surface area contributed by atoms with Crippen LogP contribution in [0, 0.1) is 20.8 Å². The molecule has 3 aromatic rings. The zero-order valence-electron chi connectivity index (χ0n) is 16.1. The highest BCUT2D eigenvalue weighted by atomic mass is 19.4. The lowest BCUT2D eigenvalue weighted by Gasteiger charge is -2.13. The van der Waals surface area contributed by atoms with Gasteiger partial charge in [0.1, 0.15) is 5.75 Å². The van der Waals surface area contributed by atoms with Crippen molar-refractivity contribution in [3.8, 4) is 11.6 Å². The van der Waals surface area contributed by atoms with Gasteiger partial charge < -0.3 is 10.1 Å². The van der Waals surface area contributed by atoms with Gasteiger partial charge in [0.05, 0.1) is 5.56 Å². The Morgan fingerprint density at radius 3 is 2.10 bits per heavy atom. The molecule has 4 nitrogen and oxygen atoms in total. The quantitative estimate of drug-likeness (QED) is 0.578. The number of hydrogen-bond acceptors (Lipinski definition) is 3. The number of nitrogens with zero attached hydrogens (tertiary/aromatic N) is 1. The van der Waals surface area contributed by atoms with E-state index in [4.69, 9.17) is 4.74 Å². The number of hydrogen-bond donors (Lipinski definition) is 1. The second-order valence-electron chi connectivity index (χ2n) is 6.74. The predicted octanol–water partition coefficient (Wildman–Crippen LogP) is 6.07. The van der Waals surface area contributed by atoms with Crippen LogP contribution in [-0.4, -0.2) is 10.9 Å². The molecular formula is C22H19F3N2O2. The monoisotopic (exact) mass is 400 g/mol. The van der Waals surface area contributed by atoms with E-state index < -0.39 is 11.7 Å². The molecule has 1 N–H and O–H groups in total. The van der Waals surface area contributed by atoms with E-state index in [-0.39, 0.29) is 11.8 Å². The first-order valence-corrected chi connectivity index (χ1v) is 8.84. The van der Waals surface area contributed by atoms with Gasteiger partial charge in [0.2, 0.25) is 5.88 Å². The third-order valence-corrected chi connectivity index (χ3v) is 4.32. The molecule has 0 radical (unpaired) electrons. The van der Waals surface area contributed by atoms with Crippen LogP contribution in [0.15, 0.2) is 54.7 Å². The molecule has 0 fully saturated rings. The van der Waals surface area contributed by atoms with E-state index in [9.17, 15) is 18.0 Å². The van der Waals surface area contributed by atoms with Crippen molar-refractivity contribution < 1.29 is 22.7 Å². The molecule has 0 saturated carbocycles. The topological polar surface area (TPSA) is 51.2 Å². The minimum absolute atomic E-state index is 0.0288. The molecule has 0 spiro atoms. The van der Waals surface area contributed by atoms with Crippen LogP contribution in [0.2, 0.25) is 0 Å². The summed E-state index contributed by atoms with van der Waals surface area (Å²) in [5.41, 5.74) is 3.43. The van der Waals surface area contributed by atoms with E-state index in [1.165, 1.54) is 0 Å². The van der Waals surface area contributed by atoms with Crippen molar-refractivity contribution in [2.45, 2.75) is 26.9 Å². The molecule has 0 aliphatic heterocycles. The van der Waals surface area contributed by atoms with Crippen LogP contribution in [0.3, 0.4) is 0 Å². The number of carbonyl (C=O) groups excluding carboxylic acids is 1. The number of aromatic nitrogens is 1. The maximum atomic E-state index is 12.6. The highest BCUT2D eigenvalue weighted by Gasteiger charge is 2.30. The number of alkyl halides is 3. The maximum absolute atomic E-state index is 12.6. The molecule has 150 valence electrons. The smallest absolute Gasteiger partial charge is 0.417 e. The van der Waals surface area contributed by atoms with Gasteiger partial charge in [-0.2, -0.15) is 13.2 Å². The number of rotatable bonds is 4. The van der Waals surface area contributed by atoms with E-state index in [1.54, 1.807) is 24.3 Å². The molecule has 0 aliphatic carbocycles. The van der Waals surface area contributed by atoms with Crippen LogP contribution >= 0.6 is 0 Å². The van der Waals surface area contributed by atoms with Gasteiger partial charge in [0, 0.05) is 23.5 Å². The Kier molecular flexibility index (Phi) is 5.59. The summed E-state index contributed by atoms with van der Waals surface area (Å²) >= 11 is 0. The minimum atomic E-state index is -4.45. The SMILES string of the molecule is Cc1cc(C)c(NC(=O)c2ccc(Oc3ccc(C(F)(F)F)cn3)cc2)c(C)c1. The standard InChI is InChI=1S/C22H19F3N2O2/c1-13-10-14(2)20(15(3)11-13)27-21(28)16-4-7-18(8-5-16)29-19-9-6-17(12-26-19)22(23,24)25/h4-12H,1-3H3,(H,27,28). The number of benzene rings is 2. The predicted molar refractivity (Wildman–Crippen MR) is 104 cm³/mol. The minimum Gasteiger partial charge on any atom is -0.439 e. The van der Waals surface area contributed by atoms with Crippen LogP contribution in [0.4, 0.5) is 18.9 Å². The Labute approximate surface area is 166 Å². The molecule has 0 bridgehead atoms. The molecule has 3 rings (SSSR count). The Hall–Kier alpha value is -3.35. The summed E-state index contributed by atoms with van der Waals surface area (Å²) in [6, 6.07) is 12.3. The molecular weight excluding hydrogens is 381 g/mol. The Balaban J connectivity index is 1.69. The van der Waals surface area contributed by atoms with Crippen molar-refractivity contribution in [2.75, 3.05) is 5.32 Å². The summed E-state index contributed by atoms with van der Waals surface area (Å²) in [7, 11) is 0. The largest absolute Gasteiger partial charge is 0.439 e. The normalized spacial score (nSPS) is 11.2. The van der Waals surface area contributed by atoms with Gasteiger partial charge in [-0.1, -0.05) is 17.7 Å². The van der Waals surface area contributed by atoms with Crippen LogP contribution in [0.1, 0.15) is 32.6 Å². The molecule has 1 heterocycles. The highest BCUT2D eigenvalue weighted by Crippen LogP contribution is 2.30. The lowest BCUT2D eigenvalue weighted by atomic mass is 10.0. The summed E-state index contributed by atoms with van der Waals surface area (Å²) in [5.74, 6) is 0.122. The van der Waals surface area contributed by atoms with Crippen molar-refractivity contribution in [1.82, 2.24) is 4.98 Å². The fourth-order valence-electron chi connectivity index (χ4n) is 2.97. The molecule has 0 saturated heterocycles. The fraction of sp³-hybridized carbons (Fsp3) is 0.182. The van der Waals surface area contributed by atoms with E-state index in [2.05, 4.69) is 10.3 Å². The van der Waals surface area contributed by atoms with Crippen LogP contribution in [0.5, 0.6) is 11.6 Å². The number of nitrogens with one attached hydrogen (secondary N) is 1. The second-order valence-corrected chi connectivity index (χ2v) is 6.74. The number of anilines is 1. The van der Waals surface area contributed by atoms with E-state index in [1.807, 2.05) is 32.9 Å². The number of carbonyl (C=O) groups is 1. The van der Waals surface area contributed by atoms with E-state index in [0.717, 1.165) is 34.5 Å². The van der Waals surface area contributed by atoms with Crippen molar-refractivity contribution in [3.05, 3.63) is 82.5 Å². The number of pyridine rings is 1. The van der Waals surface area contributed by atoms with Crippen LogP contribution in [-0.2, 0) is 6.18 Å². The molecule has 1 amide bonds. The summed E-state index contributed by atoms with van der Waals surface area (Å²) in [5, 5.41) is 2.91. The zero-order chi connectivity index (χ0) is 21.2. The van der Waals surface area contributed by atoms with Gasteiger partial charge in [0.25, 0.3) is 5.91 Å². The van der Waals surface area contributed by atoms with Crippen LogP contribution in [0.25, 0.3) is 0 Å². The van der Waals surface area contributed by atoms with Gasteiger partial charge in [-0.3, -0.25) is 4.79 Å². The third-order valence-electron chi connectivity index (χ3n) is 4.32. The van der Waals surface area contributed by atoms with Crippen LogP contribution < -0.4 is 10.1 Å². The van der Waals surface area contributed by atoms with Gasteiger partial charge in [-0.15, -0.1) is 0 Å². The van der Waals surface area contributed by atoms with Gasteiger partial charge in [-0.05, 0) is 62.2 Å². The Morgan fingerprint density at radius 1 is 0.966 bits per heavy atom. The molecule has 7 heteroatoms. The van der Waals surface area contributed by atoms with Crippen molar-refractivity contribution in [2.24, 2.45) is 0 Å². The molecule has 0 atom stereocenters. The van der Waals surface area contributed by atoms with Crippen molar-refractivity contribution in [3.63, 3.8) is 0 Å². The Morgan fingerprint density at radius 2 is 1.59 bits per heavy atom. The lowest BCUT2D eigenvalue weighted by molar-refractivity contribution is -0.137. The third kappa shape index (κ3) is 4.93. The van der Waals surface area contributed by atoms with Gasteiger partial charge >= 0.3 is 6.18 Å². The average molecular weight is 400 g/mol. The first-order chi connectivity index (χ1) is 13.6. The summed E-state index contributed by atoms with van der Waals surface area (Å²) in [6.07, 6.45) is -3.74. The maximum Gasteiger partial charge on any atom is 0.417 e. The summed E-state index contributed by atoms with van der Waals surface area (Å²) < 4.78 is 43.2. The molecule has 0 aliphatic rings. The lowest BCUT2D eigenvalue weighted by Crippen LogP contribution is -2.13. The zero-order valence-corrected chi connectivity index (χ0v) is 16.1. The molecule has 1 aromatic heterocycles. The summed E-state index contributed by atoms with van der Waals surface area (Å²) in [4.78, 5) is 16.2. The number of ether oxygens (including phenoxy) is 1. The number of amides is 1. The summed E-state index contributed by atoms with van der Waals surface area (Å²) in [6.45, 7) is 5.86. The van der Waals surface area contributed by atoms with Gasteiger partial charge in [-0.25, -0.2) is 4.98 Å². The molecule has 2 aromatic carbocycles. The van der Waals surface area contributed by atoms with E-state index in [0.29, 0.717) is 17.5 Å². The number of halogens is 3. The van der Waals surface area contributed by atoms with Crippen molar-refractivity contribution in [1.29, 1.82) is 0 Å². The first kappa shape index (κ1) is 20.4.